The molecule has 0 spiro atoms. The molecule has 2 unspecified atom stereocenters. The van der Waals surface area contributed by atoms with E-state index < -0.39 is 0 Å². The Hall–Kier alpha value is -2.49. The summed E-state index contributed by atoms with van der Waals surface area (Å²) in [6, 6.07) is 15.3. The van der Waals surface area contributed by atoms with Crippen molar-refractivity contribution in [3.05, 3.63) is 59.7 Å². The molecule has 2 aromatic carbocycles. The first-order valence-corrected chi connectivity index (χ1v) is 7.61. The molecule has 4 nitrogen and oxygen atoms in total. The van der Waals surface area contributed by atoms with E-state index in [1.807, 2.05) is 55.5 Å². The fourth-order valence-corrected chi connectivity index (χ4v) is 2.49. The lowest BCUT2D eigenvalue weighted by atomic mass is 10.0. The van der Waals surface area contributed by atoms with Crippen LogP contribution in [0.3, 0.4) is 0 Å². The van der Waals surface area contributed by atoms with Crippen LogP contribution in [0.5, 0.6) is 5.75 Å². The zero-order chi connectivity index (χ0) is 15.5. The smallest absolute Gasteiger partial charge is 0.255 e. The molecular formula is C18H20N2O2. The van der Waals surface area contributed by atoms with E-state index in [4.69, 9.17) is 4.74 Å². The zero-order valence-corrected chi connectivity index (χ0v) is 12.8. The van der Waals surface area contributed by atoms with Crippen molar-refractivity contribution in [1.82, 2.24) is 5.32 Å². The summed E-state index contributed by atoms with van der Waals surface area (Å²) >= 11 is 0. The van der Waals surface area contributed by atoms with Gasteiger partial charge < -0.3 is 15.4 Å². The fraction of sp³-hybridized carbons (Fsp3) is 0.278. The predicted molar refractivity (Wildman–Crippen MR) is 87.1 cm³/mol. The third kappa shape index (κ3) is 2.77. The van der Waals surface area contributed by atoms with Gasteiger partial charge in [0.2, 0.25) is 0 Å². The first-order chi connectivity index (χ1) is 10.7. The second-order valence-electron chi connectivity index (χ2n) is 5.47. The van der Waals surface area contributed by atoms with E-state index in [-0.39, 0.29) is 18.2 Å². The molecule has 0 fully saturated rings. The molecule has 1 heterocycles. The minimum absolute atomic E-state index is 0.0716. The van der Waals surface area contributed by atoms with E-state index in [0.717, 1.165) is 23.4 Å². The maximum absolute atomic E-state index is 12.3. The summed E-state index contributed by atoms with van der Waals surface area (Å²) in [6.07, 6.45) is 0.775. The van der Waals surface area contributed by atoms with Crippen molar-refractivity contribution < 1.29 is 9.53 Å². The van der Waals surface area contributed by atoms with Crippen molar-refractivity contribution in [1.29, 1.82) is 0 Å². The monoisotopic (exact) mass is 296 g/mol. The lowest BCUT2D eigenvalue weighted by molar-refractivity contribution is 0.0935. The second kappa shape index (κ2) is 6.10. The number of hydrogen-bond donors (Lipinski definition) is 2. The van der Waals surface area contributed by atoms with Crippen molar-refractivity contribution in [2.45, 2.75) is 32.5 Å². The minimum atomic E-state index is -0.289. The maximum atomic E-state index is 12.3. The van der Waals surface area contributed by atoms with Gasteiger partial charge in [-0.05, 0) is 31.5 Å². The summed E-state index contributed by atoms with van der Waals surface area (Å²) in [7, 11) is 0. The van der Waals surface area contributed by atoms with Crippen LogP contribution in [0.2, 0.25) is 0 Å². The lowest BCUT2D eigenvalue weighted by Gasteiger charge is -2.29. The van der Waals surface area contributed by atoms with Gasteiger partial charge in [-0.25, -0.2) is 0 Å². The van der Waals surface area contributed by atoms with Gasteiger partial charge in [0.1, 0.15) is 11.9 Å². The number of anilines is 1. The van der Waals surface area contributed by atoms with Crippen LogP contribution >= 0.6 is 0 Å². The van der Waals surface area contributed by atoms with E-state index in [0.29, 0.717) is 5.56 Å². The molecule has 22 heavy (non-hydrogen) atoms. The molecule has 2 atom stereocenters. The highest BCUT2D eigenvalue weighted by atomic mass is 16.5. The molecule has 0 aliphatic carbocycles. The predicted octanol–water partition coefficient (Wildman–Crippen LogP) is 3.72. The van der Waals surface area contributed by atoms with Gasteiger partial charge >= 0.3 is 0 Å². The van der Waals surface area contributed by atoms with E-state index in [9.17, 15) is 4.79 Å². The summed E-state index contributed by atoms with van der Waals surface area (Å²) in [5, 5.41) is 6.35. The summed E-state index contributed by atoms with van der Waals surface area (Å²) in [5.74, 6) is 0.728. The summed E-state index contributed by atoms with van der Waals surface area (Å²) < 4.78 is 5.98. The molecular weight excluding hydrogens is 276 g/mol. The van der Waals surface area contributed by atoms with E-state index in [1.54, 1.807) is 0 Å². The number of carbonyl (C=O) groups is 1. The topological polar surface area (TPSA) is 50.4 Å². The van der Waals surface area contributed by atoms with Gasteiger partial charge in [0, 0.05) is 11.3 Å². The third-order valence-corrected chi connectivity index (χ3v) is 3.88. The number of para-hydroxylation sites is 2. The molecule has 0 bridgehead atoms. The number of carbonyl (C=O) groups excluding carboxylic acids is 1. The van der Waals surface area contributed by atoms with Gasteiger partial charge in [-0.3, -0.25) is 4.79 Å². The van der Waals surface area contributed by atoms with Crippen molar-refractivity contribution in [2.24, 2.45) is 0 Å². The zero-order valence-electron chi connectivity index (χ0n) is 12.8. The van der Waals surface area contributed by atoms with Crippen LogP contribution in [0.25, 0.3) is 0 Å². The molecule has 4 heteroatoms. The normalized spacial score (nSPS) is 17.9. The fourth-order valence-electron chi connectivity index (χ4n) is 2.49. The second-order valence-corrected chi connectivity index (χ2v) is 5.47. The number of nitrogens with one attached hydrogen (secondary N) is 2. The molecule has 0 saturated heterocycles. The highest BCUT2D eigenvalue weighted by molar-refractivity contribution is 6.01. The van der Waals surface area contributed by atoms with Crippen molar-refractivity contribution in [2.75, 3.05) is 5.32 Å². The first kappa shape index (κ1) is 14.4. The Morgan fingerprint density at radius 1 is 1.09 bits per heavy atom. The van der Waals surface area contributed by atoms with Crippen molar-refractivity contribution in [3.63, 3.8) is 0 Å². The number of hydrogen-bond acceptors (Lipinski definition) is 3. The highest BCUT2D eigenvalue weighted by Gasteiger charge is 2.26. The molecule has 2 aromatic rings. The maximum Gasteiger partial charge on any atom is 0.255 e. The average molecular weight is 296 g/mol. The lowest BCUT2D eigenvalue weighted by Crippen LogP contribution is -2.38. The Bertz CT molecular complexity index is 684. The van der Waals surface area contributed by atoms with Crippen LogP contribution in [-0.2, 0) is 0 Å². The Balaban J connectivity index is 1.91. The van der Waals surface area contributed by atoms with Gasteiger partial charge in [0.25, 0.3) is 5.91 Å². The first-order valence-electron chi connectivity index (χ1n) is 7.61. The number of fused-ring (bicyclic) bond motifs is 1. The summed E-state index contributed by atoms with van der Waals surface area (Å²) in [6.45, 7) is 4.13. The number of ether oxygens (including phenoxy) is 1. The van der Waals surface area contributed by atoms with Crippen LogP contribution in [0.15, 0.2) is 48.5 Å². The molecule has 2 N–H and O–H groups in total. The number of benzene rings is 2. The Morgan fingerprint density at radius 3 is 2.64 bits per heavy atom. The van der Waals surface area contributed by atoms with Gasteiger partial charge in [-0.1, -0.05) is 37.3 Å². The molecule has 1 amide bonds. The molecule has 114 valence electrons. The highest BCUT2D eigenvalue weighted by Crippen LogP contribution is 2.31. The van der Waals surface area contributed by atoms with Crippen LogP contribution in [-0.4, -0.2) is 12.0 Å². The molecule has 3 rings (SSSR count). The van der Waals surface area contributed by atoms with E-state index in [1.165, 1.54) is 0 Å². The van der Waals surface area contributed by atoms with Crippen LogP contribution < -0.4 is 15.4 Å². The van der Waals surface area contributed by atoms with Crippen LogP contribution in [0.4, 0.5) is 5.69 Å². The van der Waals surface area contributed by atoms with Crippen LogP contribution in [0, 0.1) is 0 Å². The number of amides is 1. The SMILES string of the molecule is CCC(C)Oc1ccccc1C1NC(=O)c2ccccc2N1. The molecule has 1 aliphatic rings. The van der Waals surface area contributed by atoms with Crippen LogP contribution in [0.1, 0.15) is 42.4 Å². The average Bonchev–Trinajstić information content (AvgIpc) is 2.55. The largest absolute Gasteiger partial charge is 0.490 e. The quantitative estimate of drug-likeness (QED) is 0.904. The minimum Gasteiger partial charge on any atom is -0.490 e. The standard InChI is InChI=1S/C18H20N2O2/c1-3-12(2)22-16-11-7-5-9-14(16)17-19-15-10-6-4-8-13(15)18(21)20-17/h4-12,17,19H,3H2,1-2H3,(H,20,21). The van der Waals surface area contributed by atoms with Gasteiger partial charge in [0.15, 0.2) is 0 Å². The van der Waals surface area contributed by atoms with E-state index in [2.05, 4.69) is 17.6 Å². The number of rotatable bonds is 4. The van der Waals surface area contributed by atoms with Crippen molar-refractivity contribution in [3.8, 4) is 5.75 Å². The molecule has 0 aromatic heterocycles. The Kier molecular flexibility index (Phi) is 4.00. The molecule has 0 saturated carbocycles. The van der Waals surface area contributed by atoms with Gasteiger partial charge in [-0.2, -0.15) is 0 Å². The van der Waals surface area contributed by atoms with E-state index >= 15 is 0 Å². The van der Waals surface area contributed by atoms with Gasteiger partial charge in [-0.15, -0.1) is 0 Å². The summed E-state index contributed by atoms with van der Waals surface area (Å²) in [5.41, 5.74) is 2.44. The Morgan fingerprint density at radius 2 is 1.82 bits per heavy atom. The van der Waals surface area contributed by atoms with Gasteiger partial charge in [0.05, 0.1) is 11.7 Å². The molecule has 1 aliphatic heterocycles. The van der Waals surface area contributed by atoms with Crippen molar-refractivity contribution >= 4 is 11.6 Å². The molecule has 0 radical (unpaired) electrons. The third-order valence-electron chi connectivity index (χ3n) is 3.88. The summed E-state index contributed by atoms with van der Waals surface area (Å²) in [4.78, 5) is 12.3. The Labute approximate surface area is 130 Å².